The maximum Gasteiger partial charge on any atom is 0.229 e. The van der Waals surface area contributed by atoms with Crippen LogP contribution in [0.25, 0.3) is 11.0 Å². The number of rotatable bonds is 5. The molecule has 0 amide bonds. The van der Waals surface area contributed by atoms with E-state index in [1.165, 1.54) is 32.1 Å². The molecule has 25 heavy (non-hydrogen) atoms. The van der Waals surface area contributed by atoms with E-state index in [1.54, 1.807) is 18.3 Å². The molecular formula is C19H21N5O. The van der Waals surface area contributed by atoms with Gasteiger partial charge in [-0.25, -0.2) is 9.67 Å². The van der Waals surface area contributed by atoms with Crippen LogP contribution in [0.15, 0.2) is 36.7 Å². The highest BCUT2D eigenvalue weighted by molar-refractivity contribution is 5.77. The van der Waals surface area contributed by atoms with Crippen LogP contribution in [0, 0.1) is 5.92 Å². The molecule has 2 aromatic heterocycles. The van der Waals surface area contributed by atoms with Crippen molar-refractivity contribution in [3.8, 4) is 0 Å². The minimum atomic E-state index is 0.539. The monoisotopic (exact) mass is 335 g/mol. The van der Waals surface area contributed by atoms with Crippen LogP contribution in [0.4, 0.5) is 11.6 Å². The number of anilines is 2. The lowest BCUT2D eigenvalue weighted by Gasteiger charge is -2.21. The largest absolute Gasteiger partial charge is 0.324 e. The van der Waals surface area contributed by atoms with Gasteiger partial charge in [0.15, 0.2) is 5.65 Å². The zero-order chi connectivity index (χ0) is 17.1. The van der Waals surface area contributed by atoms with Gasteiger partial charge in [-0.05, 0) is 43.0 Å². The summed E-state index contributed by atoms with van der Waals surface area (Å²) in [5.41, 5.74) is 2.36. The van der Waals surface area contributed by atoms with Gasteiger partial charge in [0, 0.05) is 24.0 Å². The van der Waals surface area contributed by atoms with E-state index in [-0.39, 0.29) is 0 Å². The van der Waals surface area contributed by atoms with Gasteiger partial charge in [0.2, 0.25) is 5.95 Å². The first-order valence-electron chi connectivity index (χ1n) is 8.82. The van der Waals surface area contributed by atoms with E-state index < -0.39 is 0 Å². The second kappa shape index (κ2) is 7.01. The predicted molar refractivity (Wildman–Crippen MR) is 97.0 cm³/mol. The fraction of sp³-hybridized carbons (Fsp3) is 0.368. The molecule has 1 saturated carbocycles. The molecule has 2 heterocycles. The number of hydrogen-bond acceptors (Lipinski definition) is 5. The number of fused-ring (bicyclic) bond motifs is 1. The average Bonchev–Trinajstić information content (AvgIpc) is 3.05. The first-order valence-corrected chi connectivity index (χ1v) is 8.82. The molecule has 3 aromatic rings. The Labute approximate surface area is 146 Å². The van der Waals surface area contributed by atoms with Crippen molar-refractivity contribution in [3.05, 3.63) is 42.2 Å². The van der Waals surface area contributed by atoms with Crippen LogP contribution in [0.5, 0.6) is 0 Å². The smallest absolute Gasteiger partial charge is 0.229 e. The molecular weight excluding hydrogens is 314 g/mol. The highest BCUT2D eigenvalue weighted by Gasteiger charge is 2.16. The van der Waals surface area contributed by atoms with Crippen molar-refractivity contribution in [2.45, 2.75) is 38.6 Å². The maximum atomic E-state index is 10.7. The number of carbonyl (C=O) groups excluding carboxylic acids is 1. The van der Waals surface area contributed by atoms with Crippen LogP contribution < -0.4 is 5.32 Å². The Balaban J connectivity index is 1.55. The Morgan fingerprint density at radius 2 is 1.92 bits per heavy atom. The van der Waals surface area contributed by atoms with Gasteiger partial charge in [-0.2, -0.15) is 10.1 Å². The van der Waals surface area contributed by atoms with Crippen LogP contribution in [-0.2, 0) is 6.54 Å². The SMILES string of the molecule is O=Cc1ccc(Nc2ncc3cnn(CC4CCCCC4)c3n2)cc1. The zero-order valence-corrected chi connectivity index (χ0v) is 14.1. The molecule has 1 aromatic carbocycles. The fourth-order valence-electron chi connectivity index (χ4n) is 3.45. The molecule has 1 aliphatic carbocycles. The van der Waals surface area contributed by atoms with Crippen LogP contribution in [0.1, 0.15) is 42.5 Å². The summed E-state index contributed by atoms with van der Waals surface area (Å²) in [5, 5.41) is 8.65. The summed E-state index contributed by atoms with van der Waals surface area (Å²) in [4.78, 5) is 19.7. The topological polar surface area (TPSA) is 72.7 Å². The van der Waals surface area contributed by atoms with Gasteiger partial charge < -0.3 is 5.32 Å². The summed E-state index contributed by atoms with van der Waals surface area (Å²) >= 11 is 0. The molecule has 0 saturated heterocycles. The van der Waals surface area contributed by atoms with Crippen molar-refractivity contribution in [1.29, 1.82) is 0 Å². The number of carbonyl (C=O) groups is 1. The Kier molecular flexibility index (Phi) is 4.41. The van der Waals surface area contributed by atoms with Crippen molar-refractivity contribution in [1.82, 2.24) is 19.7 Å². The van der Waals surface area contributed by atoms with E-state index in [0.717, 1.165) is 29.6 Å². The number of aldehydes is 1. The summed E-state index contributed by atoms with van der Waals surface area (Å²) < 4.78 is 2.01. The molecule has 6 nitrogen and oxygen atoms in total. The van der Waals surface area contributed by atoms with E-state index >= 15 is 0 Å². The lowest BCUT2D eigenvalue weighted by molar-refractivity contribution is 0.112. The number of aromatic nitrogens is 4. The van der Waals surface area contributed by atoms with Crippen LogP contribution in [0.2, 0.25) is 0 Å². The Hall–Kier alpha value is -2.76. The minimum Gasteiger partial charge on any atom is -0.324 e. The molecule has 4 rings (SSSR count). The molecule has 0 unspecified atom stereocenters. The molecule has 0 spiro atoms. The van der Waals surface area contributed by atoms with Crippen LogP contribution >= 0.6 is 0 Å². The van der Waals surface area contributed by atoms with E-state index in [4.69, 9.17) is 0 Å². The fourth-order valence-corrected chi connectivity index (χ4v) is 3.45. The van der Waals surface area contributed by atoms with Crippen molar-refractivity contribution in [2.24, 2.45) is 5.92 Å². The van der Waals surface area contributed by atoms with Gasteiger partial charge in [-0.3, -0.25) is 4.79 Å². The molecule has 0 bridgehead atoms. The number of nitrogens with one attached hydrogen (secondary N) is 1. The standard InChI is InChI=1S/C19H21N5O/c25-13-15-6-8-17(9-7-15)22-19-20-10-16-11-21-24(18(16)23-19)12-14-4-2-1-3-5-14/h6-11,13-14H,1-5,12H2,(H,20,22,23). The summed E-state index contributed by atoms with van der Waals surface area (Å²) in [6, 6.07) is 7.22. The first kappa shape index (κ1) is 15.7. The highest BCUT2D eigenvalue weighted by Crippen LogP contribution is 2.26. The van der Waals surface area contributed by atoms with Gasteiger partial charge in [-0.15, -0.1) is 0 Å². The van der Waals surface area contributed by atoms with Gasteiger partial charge in [0.1, 0.15) is 6.29 Å². The molecule has 1 N–H and O–H groups in total. The molecule has 0 atom stereocenters. The summed E-state index contributed by atoms with van der Waals surface area (Å²) in [5.74, 6) is 1.23. The summed E-state index contributed by atoms with van der Waals surface area (Å²) in [7, 11) is 0. The van der Waals surface area contributed by atoms with Crippen molar-refractivity contribution >= 4 is 29.0 Å². The van der Waals surface area contributed by atoms with Crippen LogP contribution in [0.3, 0.4) is 0 Å². The maximum absolute atomic E-state index is 10.7. The second-order valence-corrected chi connectivity index (χ2v) is 6.67. The van der Waals surface area contributed by atoms with E-state index in [2.05, 4.69) is 20.4 Å². The van der Waals surface area contributed by atoms with Crippen molar-refractivity contribution in [2.75, 3.05) is 5.32 Å². The first-order chi connectivity index (χ1) is 12.3. The van der Waals surface area contributed by atoms with Gasteiger partial charge in [-0.1, -0.05) is 19.3 Å². The Bertz CT molecular complexity index is 865. The highest BCUT2D eigenvalue weighted by atomic mass is 16.1. The quantitative estimate of drug-likeness (QED) is 0.714. The number of nitrogens with zero attached hydrogens (tertiary/aromatic N) is 4. The van der Waals surface area contributed by atoms with Gasteiger partial charge in [0.05, 0.1) is 11.6 Å². The molecule has 128 valence electrons. The molecule has 0 aliphatic heterocycles. The third-order valence-corrected chi connectivity index (χ3v) is 4.84. The van der Waals surface area contributed by atoms with Crippen molar-refractivity contribution < 1.29 is 4.79 Å². The predicted octanol–water partition coefficient (Wildman–Crippen LogP) is 3.96. The normalized spacial score (nSPS) is 15.4. The summed E-state index contributed by atoms with van der Waals surface area (Å²) in [6.07, 6.45) is 11.0. The third-order valence-electron chi connectivity index (χ3n) is 4.84. The molecule has 6 heteroatoms. The lowest BCUT2D eigenvalue weighted by Crippen LogP contribution is -2.15. The average molecular weight is 335 g/mol. The second-order valence-electron chi connectivity index (χ2n) is 6.67. The van der Waals surface area contributed by atoms with Crippen molar-refractivity contribution in [3.63, 3.8) is 0 Å². The minimum absolute atomic E-state index is 0.539. The van der Waals surface area contributed by atoms with Gasteiger partial charge in [0.25, 0.3) is 0 Å². The van der Waals surface area contributed by atoms with Gasteiger partial charge >= 0.3 is 0 Å². The summed E-state index contributed by atoms with van der Waals surface area (Å²) in [6.45, 7) is 0.925. The number of benzene rings is 1. The molecule has 1 aliphatic rings. The van der Waals surface area contributed by atoms with Crippen LogP contribution in [-0.4, -0.2) is 26.0 Å². The zero-order valence-electron chi connectivity index (χ0n) is 14.1. The van der Waals surface area contributed by atoms with E-state index in [9.17, 15) is 4.79 Å². The lowest BCUT2D eigenvalue weighted by atomic mass is 9.89. The van der Waals surface area contributed by atoms with E-state index in [0.29, 0.717) is 17.4 Å². The third kappa shape index (κ3) is 3.52. The Morgan fingerprint density at radius 1 is 1.12 bits per heavy atom. The number of hydrogen-bond donors (Lipinski definition) is 1. The Morgan fingerprint density at radius 3 is 2.68 bits per heavy atom. The molecule has 1 fully saturated rings. The van der Waals surface area contributed by atoms with E-state index in [1.807, 2.05) is 23.0 Å². The molecule has 0 radical (unpaired) electrons.